The second-order valence-corrected chi connectivity index (χ2v) is 8.74. The fraction of sp³-hybridized carbons (Fsp3) is 0.643. The minimum Gasteiger partial charge on any atom is -0.494 e. The van der Waals surface area contributed by atoms with Crippen LogP contribution in [-0.4, -0.2) is 52.0 Å². The number of thiophene rings is 1. The Kier molecular flexibility index (Phi) is 7.48. The van der Waals surface area contributed by atoms with Gasteiger partial charge in [-0.25, -0.2) is 13.2 Å². The molecule has 0 saturated carbocycles. The lowest BCUT2D eigenvalue weighted by molar-refractivity contribution is 0.0606. The molecule has 1 aromatic heterocycles. The summed E-state index contributed by atoms with van der Waals surface area (Å²) in [5, 5.41) is 0. The second-order valence-electron chi connectivity index (χ2n) is 5.56. The summed E-state index contributed by atoms with van der Waals surface area (Å²) in [4.78, 5) is 11.8. The summed E-state index contributed by atoms with van der Waals surface area (Å²) in [5.41, 5.74) is 5.89. The summed E-state index contributed by atoms with van der Waals surface area (Å²) >= 11 is 0.871. The predicted octanol–water partition coefficient (Wildman–Crippen LogP) is 1.71. The van der Waals surface area contributed by atoms with E-state index in [0.717, 1.165) is 24.2 Å². The van der Waals surface area contributed by atoms with Crippen molar-refractivity contribution < 1.29 is 22.7 Å². The van der Waals surface area contributed by atoms with Gasteiger partial charge in [-0.15, -0.1) is 23.7 Å². The Hall–Kier alpha value is -0.870. The number of nitrogens with two attached hydrogens (primary N) is 1. The topological polar surface area (TPSA) is 98.9 Å². The molecule has 1 aliphatic heterocycles. The van der Waals surface area contributed by atoms with Crippen molar-refractivity contribution in [3.8, 4) is 5.75 Å². The van der Waals surface area contributed by atoms with E-state index in [2.05, 4.69) is 4.74 Å². The molecule has 0 bridgehead atoms. The van der Waals surface area contributed by atoms with Gasteiger partial charge in [-0.05, 0) is 25.7 Å². The molecular formula is C14H23ClN2O5S2. The number of carbonyl (C=O) groups excluding carboxylic acids is 1. The number of piperidine rings is 1. The number of esters is 1. The van der Waals surface area contributed by atoms with Gasteiger partial charge >= 0.3 is 5.97 Å². The molecule has 0 aromatic carbocycles. The zero-order chi connectivity index (χ0) is 17.2. The first-order chi connectivity index (χ1) is 10.8. The molecule has 1 aliphatic rings. The number of ether oxygens (including phenoxy) is 2. The molecule has 0 radical (unpaired) electrons. The Morgan fingerprint density at radius 1 is 1.38 bits per heavy atom. The first kappa shape index (κ1) is 21.2. The zero-order valence-corrected chi connectivity index (χ0v) is 16.3. The van der Waals surface area contributed by atoms with Crippen LogP contribution in [0.2, 0.25) is 0 Å². The summed E-state index contributed by atoms with van der Waals surface area (Å²) < 4.78 is 36.9. The number of hydrogen-bond donors (Lipinski definition) is 1. The lowest BCUT2D eigenvalue weighted by atomic mass is 9.92. The molecule has 7 nitrogen and oxygen atoms in total. The van der Waals surface area contributed by atoms with Crippen LogP contribution >= 0.6 is 23.7 Å². The highest BCUT2D eigenvalue weighted by molar-refractivity contribution is 7.91. The lowest BCUT2D eigenvalue weighted by Gasteiger charge is -2.32. The van der Waals surface area contributed by atoms with Crippen molar-refractivity contribution in [1.29, 1.82) is 0 Å². The van der Waals surface area contributed by atoms with E-state index >= 15 is 0 Å². The maximum Gasteiger partial charge on any atom is 0.348 e. The monoisotopic (exact) mass is 398 g/mol. The Labute approximate surface area is 152 Å². The highest BCUT2D eigenvalue weighted by atomic mass is 35.5. The highest BCUT2D eigenvalue weighted by Crippen LogP contribution is 2.37. The van der Waals surface area contributed by atoms with Crippen LogP contribution in [0, 0.1) is 5.92 Å². The number of carbonyl (C=O) groups is 1. The normalized spacial score (nSPS) is 17.8. The summed E-state index contributed by atoms with van der Waals surface area (Å²) in [6, 6.07) is 1.46. The van der Waals surface area contributed by atoms with E-state index in [1.165, 1.54) is 24.6 Å². The number of sulfonamides is 1. The van der Waals surface area contributed by atoms with Crippen LogP contribution in [0.25, 0.3) is 0 Å². The van der Waals surface area contributed by atoms with Gasteiger partial charge in [0.15, 0.2) is 9.96 Å². The molecule has 24 heavy (non-hydrogen) atoms. The summed E-state index contributed by atoms with van der Waals surface area (Å²) in [6.45, 7) is 2.78. The minimum atomic E-state index is -3.70. The van der Waals surface area contributed by atoms with Crippen molar-refractivity contribution in [2.45, 2.75) is 30.0 Å². The van der Waals surface area contributed by atoms with Gasteiger partial charge in [-0.1, -0.05) is 0 Å². The van der Waals surface area contributed by atoms with Gasteiger partial charge in [0.05, 0.1) is 14.2 Å². The van der Waals surface area contributed by atoms with Crippen molar-refractivity contribution >= 4 is 39.7 Å². The third kappa shape index (κ3) is 4.20. The average Bonchev–Trinajstić information content (AvgIpc) is 2.99. The molecule has 1 unspecified atom stereocenters. The Morgan fingerprint density at radius 2 is 1.96 bits per heavy atom. The molecule has 2 heterocycles. The van der Waals surface area contributed by atoms with Gasteiger partial charge in [0.1, 0.15) is 4.88 Å². The predicted molar refractivity (Wildman–Crippen MR) is 94.6 cm³/mol. The molecule has 2 rings (SSSR count). The lowest BCUT2D eigenvalue weighted by Crippen LogP contribution is -2.42. The van der Waals surface area contributed by atoms with E-state index in [1.807, 2.05) is 6.92 Å². The van der Waals surface area contributed by atoms with Gasteiger partial charge in [0, 0.05) is 25.2 Å². The maximum atomic E-state index is 12.8. The molecule has 1 saturated heterocycles. The largest absolute Gasteiger partial charge is 0.494 e. The van der Waals surface area contributed by atoms with E-state index in [9.17, 15) is 13.2 Å². The molecule has 0 spiro atoms. The quantitative estimate of drug-likeness (QED) is 0.758. The maximum absolute atomic E-state index is 12.8. The van der Waals surface area contributed by atoms with E-state index in [1.54, 1.807) is 0 Å². The minimum absolute atomic E-state index is 0. The fourth-order valence-corrected chi connectivity index (χ4v) is 5.74. The molecule has 10 heteroatoms. The third-order valence-electron chi connectivity index (χ3n) is 4.09. The van der Waals surface area contributed by atoms with Gasteiger partial charge in [-0.2, -0.15) is 4.31 Å². The molecule has 0 amide bonds. The Balaban J connectivity index is 0.00000288. The van der Waals surface area contributed by atoms with E-state index in [-0.39, 0.29) is 33.3 Å². The smallest absolute Gasteiger partial charge is 0.348 e. The molecule has 1 aromatic rings. The van der Waals surface area contributed by atoms with Crippen molar-refractivity contribution in [3.05, 3.63) is 10.9 Å². The van der Waals surface area contributed by atoms with E-state index in [4.69, 9.17) is 10.5 Å². The number of rotatable bonds is 5. The summed E-state index contributed by atoms with van der Waals surface area (Å²) in [7, 11) is -1.07. The molecule has 1 fully saturated rings. The SMILES string of the molecule is COC(=O)c1cc(OC)c(S(=O)(=O)N2CCC(C(C)N)CC2)s1.Cl. The number of hydrogen-bond acceptors (Lipinski definition) is 7. The third-order valence-corrected chi connectivity index (χ3v) is 7.58. The van der Waals surface area contributed by atoms with E-state index in [0.29, 0.717) is 19.0 Å². The van der Waals surface area contributed by atoms with Crippen LogP contribution in [-0.2, 0) is 14.8 Å². The molecule has 2 N–H and O–H groups in total. The molecule has 138 valence electrons. The first-order valence-corrected chi connectivity index (χ1v) is 9.58. The van der Waals surface area contributed by atoms with Gasteiger partial charge in [-0.3, -0.25) is 0 Å². The van der Waals surface area contributed by atoms with Crippen LogP contribution in [0.4, 0.5) is 0 Å². The molecule has 0 aliphatic carbocycles. The fourth-order valence-electron chi connectivity index (χ4n) is 2.64. The summed E-state index contributed by atoms with van der Waals surface area (Å²) in [6.07, 6.45) is 1.46. The van der Waals surface area contributed by atoms with Crippen molar-refractivity contribution in [2.24, 2.45) is 11.7 Å². The standard InChI is InChI=1S/C14H22N2O5S2.ClH/c1-9(15)10-4-6-16(7-5-10)23(18,19)14-11(20-2)8-12(22-14)13(17)21-3;/h8-10H,4-7,15H2,1-3H3;1H. The van der Waals surface area contributed by atoms with Crippen molar-refractivity contribution in [1.82, 2.24) is 4.31 Å². The highest BCUT2D eigenvalue weighted by Gasteiger charge is 2.34. The second kappa shape index (κ2) is 8.48. The van der Waals surface area contributed by atoms with Crippen LogP contribution in [0.1, 0.15) is 29.4 Å². The molecule has 1 atom stereocenters. The van der Waals surface area contributed by atoms with Crippen LogP contribution in [0.5, 0.6) is 5.75 Å². The van der Waals surface area contributed by atoms with Gasteiger partial charge in [0.2, 0.25) is 0 Å². The van der Waals surface area contributed by atoms with E-state index < -0.39 is 16.0 Å². The number of methoxy groups -OCH3 is 2. The van der Waals surface area contributed by atoms with Gasteiger partial charge in [0.25, 0.3) is 10.0 Å². The van der Waals surface area contributed by atoms with Gasteiger partial charge < -0.3 is 15.2 Å². The van der Waals surface area contributed by atoms with Crippen LogP contribution in [0.15, 0.2) is 10.3 Å². The Morgan fingerprint density at radius 3 is 2.42 bits per heavy atom. The number of nitrogens with zero attached hydrogens (tertiary/aromatic N) is 1. The Bertz CT molecular complexity index is 667. The van der Waals surface area contributed by atoms with Crippen molar-refractivity contribution in [3.63, 3.8) is 0 Å². The first-order valence-electron chi connectivity index (χ1n) is 7.33. The average molecular weight is 399 g/mol. The van der Waals surface area contributed by atoms with Crippen LogP contribution in [0.3, 0.4) is 0 Å². The zero-order valence-electron chi connectivity index (χ0n) is 13.9. The van der Waals surface area contributed by atoms with Crippen molar-refractivity contribution in [2.75, 3.05) is 27.3 Å². The molecular weight excluding hydrogens is 376 g/mol. The summed E-state index contributed by atoms with van der Waals surface area (Å²) in [5.74, 6) is -0.0764. The van der Waals surface area contributed by atoms with Crippen LogP contribution < -0.4 is 10.5 Å². The number of halogens is 1.